The number of carbonyl (C=O) groups is 1. The minimum Gasteiger partial charge on any atom is -0.388 e. The van der Waals surface area contributed by atoms with Gasteiger partial charge in [0.05, 0.1) is 18.2 Å². The zero-order valence-corrected chi connectivity index (χ0v) is 13.6. The van der Waals surface area contributed by atoms with Gasteiger partial charge in [-0.25, -0.2) is 4.79 Å². The minimum absolute atomic E-state index is 0.000000840. The lowest BCUT2D eigenvalue weighted by molar-refractivity contribution is 0.0651. The summed E-state index contributed by atoms with van der Waals surface area (Å²) in [6, 6.07) is 9.90. The molecule has 23 heavy (non-hydrogen) atoms. The van der Waals surface area contributed by atoms with Gasteiger partial charge in [-0.3, -0.25) is 0 Å². The molecule has 0 radical (unpaired) electrons. The van der Waals surface area contributed by atoms with Gasteiger partial charge in [0.1, 0.15) is 0 Å². The normalized spacial score (nSPS) is 27.0. The fraction of sp³-hybridized carbons (Fsp3) is 0.611. The molecule has 0 aromatic heterocycles. The molecule has 1 aromatic carbocycles. The van der Waals surface area contributed by atoms with E-state index in [1.807, 2.05) is 42.2 Å². The number of nitrogens with one attached hydrogen (secondary N) is 1. The van der Waals surface area contributed by atoms with E-state index in [1.54, 1.807) is 0 Å². The number of piperidine rings is 1. The molecule has 2 saturated heterocycles. The van der Waals surface area contributed by atoms with E-state index in [0.29, 0.717) is 13.1 Å². The van der Waals surface area contributed by atoms with Crippen LogP contribution in [0.3, 0.4) is 0 Å². The third kappa shape index (κ3) is 3.85. The zero-order valence-electron chi connectivity index (χ0n) is 13.6. The highest BCUT2D eigenvalue weighted by Crippen LogP contribution is 2.30. The molecule has 3 unspecified atom stereocenters. The molecule has 1 aromatic rings. The first-order valence-electron chi connectivity index (χ1n) is 8.55. The Morgan fingerprint density at radius 1 is 1.26 bits per heavy atom. The first kappa shape index (κ1) is 16.3. The van der Waals surface area contributed by atoms with Gasteiger partial charge in [-0.05, 0) is 37.7 Å². The average Bonchev–Trinajstić information content (AvgIpc) is 3.00. The van der Waals surface area contributed by atoms with E-state index in [1.165, 1.54) is 0 Å². The summed E-state index contributed by atoms with van der Waals surface area (Å²) in [6.07, 6.45) is 2.21. The lowest BCUT2D eigenvalue weighted by atomic mass is 9.87. The maximum absolute atomic E-state index is 12.3. The first-order valence-corrected chi connectivity index (χ1v) is 8.55. The van der Waals surface area contributed by atoms with Gasteiger partial charge in [0.2, 0.25) is 0 Å². The summed E-state index contributed by atoms with van der Waals surface area (Å²) < 4.78 is 5.48. The third-order valence-corrected chi connectivity index (χ3v) is 5.10. The lowest BCUT2D eigenvalue weighted by Gasteiger charge is -2.35. The number of urea groups is 1. The van der Waals surface area contributed by atoms with Crippen LogP contribution in [-0.2, 0) is 4.74 Å². The topological polar surface area (TPSA) is 61.8 Å². The Kier molecular flexibility index (Phi) is 5.18. The van der Waals surface area contributed by atoms with Crippen LogP contribution in [0.15, 0.2) is 30.3 Å². The van der Waals surface area contributed by atoms with Crippen molar-refractivity contribution >= 4 is 6.03 Å². The zero-order chi connectivity index (χ0) is 16.2. The van der Waals surface area contributed by atoms with Crippen molar-refractivity contribution in [3.63, 3.8) is 0 Å². The van der Waals surface area contributed by atoms with Gasteiger partial charge < -0.3 is 20.1 Å². The number of nitrogens with zero attached hydrogens (tertiary/aromatic N) is 1. The number of carbonyl (C=O) groups excluding carboxylic acids is 1. The van der Waals surface area contributed by atoms with E-state index in [9.17, 15) is 9.90 Å². The van der Waals surface area contributed by atoms with E-state index < -0.39 is 6.10 Å². The number of hydrogen-bond donors (Lipinski definition) is 2. The second kappa shape index (κ2) is 7.32. The molecule has 2 fully saturated rings. The highest BCUT2D eigenvalue weighted by Gasteiger charge is 2.31. The molecule has 5 heteroatoms. The minimum atomic E-state index is -0.440. The van der Waals surface area contributed by atoms with Gasteiger partial charge in [0.15, 0.2) is 0 Å². The molecule has 126 valence electrons. The van der Waals surface area contributed by atoms with Crippen LogP contribution in [0.25, 0.3) is 0 Å². The largest absolute Gasteiger partial charge is 0.388 e. The van der Waals surface area contributed by atoms with Crippen molar-refractivity contribution in [1.29, 1.82) is 0 Å². The Labute approximate surface area is 137 Å². The molecule has 2 heterocycles. The number of aliphatic hydroxyl groups excluding tert-OH is 1. The van der Waals surface area contributed by atoms with Crippen LogP contribution < -0.4 is 5.32 Å². The number of benzene rings is 1. The molecule has 0 aliphatic carbocycles. The van der Waals surface area contributed by atoms with Crippen LogP contribution >= 0.6 is 0 Å². The third-order valence-electron chi connectivity index (χ3n) is 5.10. The smallest absolute Gasteiger partial charge is 0.317 e. The summed E-state index contributed by atoms with van der Waals surface area (Å²) in [4.78, 5) is 14.2. The molecule has 5 nitrogen and oxygen atoms in total. The molecule has 0 spiro atoms. The quantitative estimate of drug-likeness (QED) is 0.899. The van der Waals surface area contributed by atoms with E-state index in [4.69, 9.17) is 4.74 Å². The Morgan fingerprint density at radius 3 is 2.57 bits per heavy atom. The van der Waals surface area contributed by atoms with Gasteiger partial charge in [-0.2, -0.15) is 0 Å². The second-order valence-electron chi connectivity index (χ2n) is 6.60. The van der Waals surface area contributed by atoms with E-state index >= 15 is 0 Å². The van der Waals surface area contributed by atoms with Crippen LogP contribution in [0, 0.1) is 5.92 Å². The predicted molar refractivity (Wildman–Crippen MR) is 88.0 cm³/mol. The number of likely N-dealkylation sites (tertiary alicyclic amines) is 1. The van der Waals surface area contributed by atoms with Crippen LogP contribution in [0.4, 0.5) is 4.79 Å². The van der Waals surface area contributed by atoms with Gasteiger partial charge in [0, 0.05) is 19.7 Å². The molecule has 3 atom stereocenters. The fourth-order valence-electron chi connectivity index (χ4n) is 3.51. The molecule has 0 saturated carbocycles. The van der Waals surface area contributed by atoms with Crippen LogP contribution in [0.2, 0.25) is 0 Å². The van der Waals surface area contributed by atoms with Crippen LogP contribution in [0.5, 0.6) is 0 Å². The van der Waals surface area contributed by atoms with Crippen molar-refractivity contribution in [2.75, 3.05) is 19.7 Å². The standard InChI is InChI=1S/C18H26N2O3/c1-13-16(9-12-23-13)19-18(22)20-10-7-15(8-11-20)17(21)14-5-3-2-4-6-14/h2-6,13,15-17,21H,7-12H2,1H3,(H,19,22). The predicted octanol–water partition coefficient (Wildman–Crippen LogP) is 2.32. The summed E-state index contributed by atoms with van der Waals surface area (Å²) in [7, 11) is 0. The van der Waals surface area contributed by atoms with Crippen molar-refractivity contribution in [2.24, 2.45) is 5.92 Å². The van der Waals surface area contributed by atoms with Gasteiger partial charge in [-0.1, -0.05) is 30.3 Å². The summed E-state index contributed by atoms with van der Waals surface area (Å²) in [5, 5.41) is 13.6. The Bertz CT molecular complexity index is 514. The highest BCUT2D eigenvalue weighted by atomic mass is 16.5. The molecule has 0 bridgehead atoms. The van der Waals surface area contributed by atoms with Crippen molar-refractivity contribution in [3.8, 4) is 0 Å². The maximum atomic E-state index is 12.3. The Hall–Kier alpha value is -1.59. The summed E-state index contributed by atoms with van der Waals surface area (Å²) in [5.41, 5.74) is 0.965. The number of ether oxygens (including phenoxy) is 1. The average molecular weight is 318 g/mol. The molecule has 2 amide bonds. The van der Waals surface area contributed by atoms with Gasteiger partial charge in [-0.15, -0.1) is 0 Å². The molecule has 2 N–H and O–H groups in total. The summed E-state index contributed by atoms with van der Waals surface area (Å²) in [6.45, 7) is 4.11. The van der Waals surface area contributed by atoms with Crippen molar-refractivity contribution < 1.29 is 14.6 Å². The lowest BCUT2D eigenvalue weighted by Crippen LogP contribution is -2.49. The van der Waals surface area contributed by atoms with Crippen LogP contribution in [-0.4, -0.2) is 47.9 Å². The van der Waals surface area contributed by atoms with E-state index in [-0.39, 0.29) is 24.1 Å². The second-order valence-corrected chi connectivity index (χ2v) is 6.60. The van der Waals surface area contributed by atoms with Gasteiger partial charge in [0.25, 0.3) is 0 Å². The summed E-state index contributed by atoms with van der Waals surface area (Å²) in [5.74, 6) is 0.218. The van der Waals surface area contributed by atoms with Crippen molar-refractivity contribution in [1.82, 2.24) is 10.2 Å². The number of rotatable bonds is 3. The molecule has 2 aliphatic rings. The first-order chi connectivity index (χ1) is 11.1. The highest BCUT2D eigenvalue weighted by molar-refractivity contribution is 5.74. The number of hydrogen-bond acceptors (Lipinski definition) is 3. The molecule has 3 rings (SSSR count). The Balaban J connectivity index is 1.49. The van der Waals surface area contributed by atoms with E-state index in [2.05, 4.69) is 5.32 Å². The summed E-state index contributed by atoms with van der Waals surface area (Å²) >= 11 is 0. The van der Waals surface area contributed by atoms with Crippen molar-refractivity contribution in [3.05, 3.63) is 35.9 Å². The van der Waals surface area contributed by atoms with Gasteiger partial charge >= 0.3 is 6.03 Å². The monoisotopic (exact) mass is 318 g/mol. The number of amides is 2. The molecule has 2 aliphatic heterocycles. The van der Waals surface area contributed by atoms with E-state index in [0.717, 1.165) is 31.4 Å². The SMILES string of the molecule is CC1OCCC1NC(=O)N1CCC(C(O)c2ccccc2)CC1. The molecular weight excluding hydrogens is 292 g/mol. The Morgan fingerprint density at radius 2 is 1.96 bits per heavy atom. The fourth-order valence-corrected chi connectivity index (χ4v) is 3.51. The van der Waals surface area contributed by atoms with Crippen LogP contribution in [0.1, 0.15) is 37.9 Å². The van der Waals surface area contributed by atoms with Crippen molar-refractivity contribution in [2.45, 2.75) is 44.4 Å². The molecular formula is C18H26N2O3. The number of aliphatic hydroxyl groups is 1. The maximum Gasteiger partial charge on any atom is 0.317 e.